The second kappa shape index (κ2) is 8.67. The van der Waals surface area contributed by atoms with Crippen molar-refractivity contribution in [2.75, 3.05) is 18.5 Å². The van der Waals surface area contributed by atoms with Crippen LogP contribution < -0.4 is 10.1 Å². The Morgan fingerprint density at radius 1 is 1.20 bits per heavy atom. The highest BCUT2D eigenvalue weighted by atomic mass is 16.5. The summed E-state index contributed by atoms with van der Waals surface area (Å²) in [4.78, 5) is 12.1. The highest BCUT2D eigenvalue weighted by Crippen LogP contribution is 2.19. The maximum absolute atomic E-state index is 12.1. The Labute approximate surface area is 149 Å². The van der Waals surface area contributed by atoms with E-state index in [9.17, 15) is 4.79 Å². The van der Waals surface area contributed by atoms with Gasteiger partial charge in [0, 0.05) is 18.7 Å². The molecule has 0 spiro atoms. The Hall–Kier alpha value is -2.33. The van der Waals surface area contributed by atoms with Crippen molar-refractivity contribution in [3.63, 3.8) is 0 Å². The Kier molecular flexibility index (Phi) is 6.07. The topological polar surface area (TPSA) is 47.6 Å². The van der Waals surface area contributed by atoms with Gasteiger partial charge in [0.15, 0.2) is 0 Å². The molecule has 1 aliphatic heterocycles. The predicted octanol–water partition coefficient (Wildman–Crippen LogP) is 4.12. The van der Waals surface area contributed by atoms with Gasteiger partial charge in [0.2, 0.25) is 5.91 Å². The van der Waals surface area contributed by atoms with Crippen LogP contribution in [-0.4, -0.2) is 25.2 Å². The number of carbonyl (C=O) groups is 1. The molecule has 1 saturated heterocycles. The fourth-order valence-electron chi connectivity index (χ4n) is 2.96. The zero-order valence-corrected chi connectivity index (χ0v) is 14.7. The van der Waals surface area contributed by atoms with Crippen LogP contribution in [0.5, 0.6) is 5.75 Å². The molecule has 1 atom stereocenters. The zero-order valence-electron chi connectivity index (χ0n) is 14.7. The lowest BCUT2D eigenvalue weighted by Gasteiger charge is -2.12. The van der Waals surface area contributed by atoms with Crippen molar-refractivity contribution in [1.82, 2.24) is 0 Å². The lowest BCUT2D eigenvalue weighted by molar-refractivity contribution is -0.116. The van der Waals surface area contributed by atoms with Crippen LogP contribution in [0.15, 0.2) is 48.5 Å². The fourth-order valence-corrected chi connectivity index (χ4v) is 2.96. The number of nitrogens with one attached hydrogen (secondary N) is 1. The molecule has 1 unspecified atom stereocenters. The van der Waals surface area contributed by atoms with Gasteiger partial charge in [-0.3, -0.25) is 4.79 Å². The molecule has 0 aromatic heterocycles. The van der Waals surface area contributed by atoms with Crippen molar-refractivity contribution in [1.29, 1.82) is 0 Å². The first-order chi connectivity index (χ1) is 12.2. The first kappa shape index (κ1) is 17.5. The van der Waals surface area contributed by atoms with Gasteiger partial charge in [-0.15, -0.1) is 0 Å². The van der Waals surface area contributed by atoms with Crippen LogP contribution >= 0.6 is 0 Å². The Balaban J connectivity index is 1.44. The molecule has 1 heterocycles. The van der Waals surface area contributed by atoms with Crippen LogP contribution in [0.4, 0.5) is 5.69 Å². The van der Waals surface area contributed by atoms with E-state index >= 15 is 0 Å². The van der Waals surface area contributed by atoms with E-state index in [1.54, 1.807) is 0 Å². The summed E-state index contributed by atoms with van der Waals surface area (Å²) < 4.78 is 11.3. The van der Waals surface area contributed by atoms with E-state index in [1.807, 2.05) is 36.4 Å². The molecule has 2 aromatic carbocycles. The smallest absolute Gasteiger partial charge is 0.224 e. The molecule has 1 aliphatic rings. The Bertz CT molecular complexity index is 691. The molecule has 132 valence electrons. The van der Waals surface area contributed by atoms with Crippen molar-refractivity contribution >= 4 is 11.6 Å². The average Bonchev–Trinajstić information content (AvgIpc) is 3.14. The van der Waals surface area contributed by atoms with Crippen molar-refractivity contribution in [3.8, 4) is 5.75 Å². The second-order valence-electron chi connectivity index (χ2n) is 6.45. The maximum Gasteiger partial charge on any atom is 0.224 e. The summed E-state index contributed by atoms with van der Waals surface area (Å²) >= 11 is 0. The van der Waals surface area contributed by atoms with Crippen LogP contribution in [0.3, 0.4) is 0 Å². The monoisotopic (exact) mass is 339 g/mol. The first-order valence-corrected chi connectivity index (χ1v) is 8.89. The molecule has 0 aliphatic carbocycles. The van der Waals surface area contributed by atoms with E-state index < -0.39 is 0 Å². The van der Waals surface area contributed by atoms with Crippen LogP contribution in [0.2, 0.25) is 0 Å². The summed E-state index contributed by atoms with van der Waals surface area (Å²) in [6, 6.07) is 15.7. The summed E-state index contributed by atoms with van der Waals surface area (Å²) in [5, 5.41) is 2.94. The molecule has 4 heteroatoms. The number of anilines is 1. The highest BCUT2D eigenvalue weighted by molar-refractivity contribution is 5.90. The molecule has 25 heavy (non-hydrogen) atoms. The normalized spacial score (nSPS) is 16.6. The van der Waals surface area contributed by atoms with Crippen molar-refractivity contribution in [2.24, 2.45) is 0 Å². The number of hydrogen-bond acceptors (Lipinski definition) is 3. The van der Waals surface area contributed by atoms with Gasteiger partial charge in [-0.25, -0.2) is 0 Å². The van der Waals surface area contributed by atoms with Crippen LogP contribution in [0.25, 0.3) is 0 Å². The molecule has 2 aromatic rings. The van der Waals surface area contributed by atoms with Gasteiger partial charge in [0.05, 0.1) is 6.10 Å². The quantitative estimate of drug-likeness (QED) is 0.825. The summed E-state index contributed by atoms with van der Waals surface area (Å²) in [6.07, 6.45) is 3.61. The molecule has 1 fully saturated rings. The minimum Gasteiger partial charge on any atom is -0.491 e. The number of ether oxygens (including phenoxy) is 2. The van der Waals surface area contributed by atoms with Gasteiger partial charge < -0.3 is 14.8 Å². The Morgan fingerprint density at radius 3 is 2.72 bits per heavy atom. The third-order valence-electron chi connectivity index (χ3n) is 4.48. The standard InChI is InChI=1S/C21H25NO3/c1-16-5-2-3-6-17(16)8-13-21(23)22-18-9-11-19(12-10-18)25-15-20-7-4-14-24-20/h2-3,5-6,9-12,20H,4,7-8,13-15H2,1H3,(H,22,23). The second-order valence-corrected chi connectivity index (χ2v) is 6.45. The molecular weight excluding hydrogens is 314 g/mol. The number of rotatable bonds is 7. The predicted molar refractivity (Wildman–Crippen MR) is 99.0 cm³/mol. The largest absolute Gasteiger partial charge is 0.491 e. The number of aryl methyl sites for hydroxylation is 2. The summed E-state index contributed by atoms with van der Waals surface area (Å²) in [5.41, 5.74) is 3.23. The first-order valence-electron chi connectivity index (χ1n) is 8.89. The van der Waals surface area contributed by atoms with E-state index in [-0.39, 0.29) is 12.0 Å². The van der Waals surface area contributed by atoms with Crippen LogP contribution in [0, 0.1) is 6.92 Å². The van der Waals surface area contributed by atoms with Crippen LogP contribution in [0.1, 0.15) is 30.4 Å². The fraction of sp³-hybridized carbons (Fsp3) is 0.381. The molecular formula is C21H25NO3. The average molecular weight is 339 g/mol. The number of hydrogen-bond donors (Lipinski definition) is 1. The van der Waals surface area contributed by atoms with Gasteiger partial charge >= 0.3 is 0 Å². The summed E-state index contributed by atoms with van der Waals surface area (Å²) in [5.74, 6) is 0.824. The molecule has 0 bridgehead atoms. The van der Waals surface area contributed by atoms with Gasteiger partial charge in [-0.1, -0.05) is 24.3 Å². The van der Waals surface area contributed by atoms with E-state index in [1.165, 1.54) is 11.1 Å². The van der Waals surface area contributed by atoms with Gasteiger partial charge in [0.1, 0.15) is 12.4 Å². The van der Waals surface area contributed by atoms with Crippen LogP contribution in [-0.2, 0) is 16.0 Å². The number of amides is 1. The van der Waals surface area contributed by atoms with E-state index in [0.29, 0.717) is 13.0 Å². The SMILES string of the molecule is Cc1ccccc1CCC(=O)Nc1ccc(OCC2CCCO2)cc1. The molecule has 1 N–H and O–H groups in total. The molecule has 4 nitrogen and oxygen atoms in total. The van der Waals surface area contributed by atoms with Crippen molar-refractivity contribution < 1.29 is 14.3 Å². The van der Waals surface area contributed by atoms with E-state index in [2.05, 4.69) is 24.4 Å². The molecule has 3 rings (SSSR count). The lowest BCUT2D eigenvalue weighted by atomic mass is 10.0. The maximum atomic E-state index is 12.1. The third-order valence-corrected chi connectivity index (χ3v) is 4.48. The Morgan fingerprint density at radius 2 is 2.00 bits per heavy atom. The number of carbonyl (C=O) groups excluding carboxylic acids is 1. The molecule has 0 saturated carbocycles. The highest BCUT2D eigenvalue weighted by Gasteiger charge is 2.15. The van der Waals surface area contributed by atoms with Crippen molar-refractivity contribution in [2.45, 2.75) is 38.7 Å². The lowest BCUT2D eigenvalue weighted by Crippen LogP contribution is -2.16. The van der Waals surface area contributed by atoms with Gasteiger partial charge in [-0.05, 0) is 61.6 Å². The minimum atomic E-state index is 0.0243. The molecule has 0 radical (unpaired) electrons. The number of benzene rings is 2. The third kappa shape index (κ3) is 5.33. The van der Waals surface area contributed by atoms with E-state index in [0.717, 1.165) is 37.3 Å². The van der Waals surface area contributed by atoms with Gasteiger partial charge in [0.25, 0.3) is 0 Å². The summed E-state index contributed by atoms with van der Waals surface area (Å²) in [6.45, 7) is 3.49. The van der Waals surface area contributed by atoms with Crippen molar-refractivity contribution in [3.05, 3.63) is 59.7 Å². The van der Waals surface area contributed by atoms with E-state index in [4.69, 9.17) is 9.47 Å². The zero-order chi connectivity index (χ0) is 17.5. The molecule has 1 amide bonds. The van der Waals surface area contributed by atoms with Gasteiger partial charge in [-0.2, -0.15) is 0 Å². The minimum absolute atomic E-state index is 0.0243. The summed E-state index contributed by atoms with van der Waals surface area (Å²) in [7, 11) is 0.